The smallest absolute Gasteiger partial charge is 0.0972 e. The van der Waals surface area contributed by atoms with Gasteiger partial charge in [0.05, 0.1) is 42.8 Å². The molecule has 0 N–H and O–H groups in total. The van der Waals surface area contributed by atoms with Crippen molar-refractivity contribution < 1.29 is 26.0 Å². The van der Waals surface area contributed by atoms with E-state index < -0.39 is 153 Å². The van der Waals surface area contributed by atoms with Crippen molar-refractivity contribution in [2.24, 2.45) is 0 Å². The lowest BCUT2D eigenvalue weighted by atomic mass is 9.90. The molecule has 10 rings (SSSR count). The average Bonchev–Trinajstić information content (AvgIpc) is 3.74. The third-order valence-electron chi connectivity index (χ3n) is 8.89. The molecule has 0 unspecified atom stereocenters. The quantitative estimate of drug-likeness (QED) is 0.161. The maximum atomic E-state index is 9.71. The van der Waals surface area contributed by atoms with Crippen LogP contribution in [0.5, 0.6) is 0 Å². The molecule has 248 valence electrons. The summed E-state index contributed by atoms with van der Waals surface area (Å²) in [5.74, 6) is 0. The van der Waals surface area contributed by atoms with Gasteiger partial charge in [0.1, 0.15) is 0 Å². The molecule has 0 atom stereocenters. The number of pyridine rings is 2. The first-order valence-electron chi connectivity index (χ1n) is 25.9. The van der Waals surface area contributed by atoms with Crippen molar-refractivity contribution in [3.05, 3.63) is 194 Å². The molecule has 53 heavy (non-hydrogen) atoms. The van der Waals surface area contributed by atoms with Gasteiger partial charge < -0.3 is 0 Å². The lowest BCUT2D eigenvalue weighted by Crippen LogP contribution is -1.91. The Morgan fingerprint density at radius 3 is 1.57 bits per heavy atom. The van der Waals surface area contributed by atoms with E-state index in [2.05, 4.69) is 4.98 Å². The normalized spacial score (nSPS) is 16.4. The second-order valence-electron chi connectivity index (χ2n) is 11.9. The van der Waals surface area contributed by atoms with Crippen LogP contribution in [-0.4, -0.2) is 9.97 Å². The minimum Gasteiger partial charge on any atom is -0.254 e. The second-order valence-corrected chi connectivity index (χ2v) is 12.9. The van der Waals surface area contributed by atoms with Gasteiger partial charge in [-0.15, -0.1) is 11.3 Å². The summed E-state index contributed by atoms with van der Waals surface area (Å²) in [5.41, 5.74) is -0.622. The highest BCUT2D eigenvalue weighted by molar-refractivity contribution is 7.20. The Labute approximate surface area is 339 Å². The van der Waals surface area contributed by atoms with E-state index >= 15 is 0 Å². The zero-order valence-corrected chi connectivity index (χ0v) is 28.1. The first-order chi connectivity index (χ1) is 34.2. The van der Waals surface area contributed by atoms with E-state index in [1.807, 2.05) is 48.5 Å². The number of rotatable bonds is 6. The zero-order valence-electron chi connectivity index (χ0n) is 46.3. The van der Waals surface area contributed by atoms with Crippen LogP contribution >= 0.6 is 11.3 Å². The van der Waals surface area contributed by atoms with E-state index in [0.29, 0.717) is 50.0 Å². The van der Waals surface area contributed by atoms with Gasteiger partial charge >= 0.3 is 0 Å². The summed E-state index contributed by atoms with van der Waals surface area (Å²) in [5, 5.41) is 2.96. The number of aromatic nitrogens is 2. The van der Waals surface area contributed by atoms with Crippen molar-refractivity contribution in [2.45, 2.75) is 0 Å². The van der Waals surface area contributed by atoms with Gasteiger partial charge in [-0.3, -0.25) is 4.98 Å². The summed E-state index contributed by atoms with van der Waals surface area (Å²) < 4.78 is 170. The van der Waals surface area contributed by atoms with Gasteiger partial charge in [-0.1, -0.05) is 175 Å². The first kappa shape index (κ1) is 17.2. The van der Waals surface area contributed by atoms with E-state index in [1.165, 1.54) is 0 Å². The number of hydrogen-bond acceptors (Lipinski definition) is 3. The number of fused-ring (bicyclic) bond motifs is 4. The Hall–Kier alpha value is -6.68. The van der Waals surface area contributed by atoms with Gasteiger partial charge in [0, 0.05) is 43.4 Å². The third kappa shape index (κ3) is 5.50. The predicted octanol–water partition coefficient (Wildman–Crippen LogP) is 14.0. The topological polar surface area (TPSA) is 25.8 Å². The molecule has 0 fully saturated rings. The van der Waals surface area contributed by atoms with Gasteiger partial charge in [-0.25, -0.2) is 4.98 Å². The number of hydrogen-bond donors (Lipinski definition) is 0. The van der Waals surface area contributed by atoms with Crippen LogP contribution < -0.4 is 0 Å². The highest BCUT2D eigenvalue weighted by atomic mass is 32.1. The molecule has 0 spiro atoms. The summed E-state index contributed by atoms with van der Waals surface area (Å²) in [6.07, 6.45) is 1.69. The minimum atomic E-state index is -0.873. The number of thiophene rings is 1. The molecule has 3 heteroatoms. The largest absolute Gasteiger partial charge is 0.254 e. The second kappa shape index (κ2) is 13.1. The van der Waals surface area contributed by atoms with Crippen LogP contribution in [0.15, 0.2) is 194 Å². The molecular formula is C50H32N2S. The third-order valence-corrected chi connectivity index (χ3v) is 10.1. The van der Waals surface area contributed by atoms with E-state index in [-0.39, 0.29) is 10.4 Å². The summed E-state index contributed by atoms with van der Waals surface area (Å²) >= 11 is 0.493. The Kier molecular flexibility index (Phi) is 4.27. The first-order valence-corrected chi connectivity index (χ1v) is 17.2. The lowest BCUT2D eigenvalue weighted by Gasteiger charge is -2.13. The van der Waals surface area contributed by atoms with Crippen molar-refractivity contribution in [1.82, 2.24) is 9.97 Å². The van der Waals surface area contributed by atoms with E-state index in [9.17, 15) is 8.22 Å². The van der Waals surface area contributed by atoms with Crippen LogP contribution in [0.2, 0.25) is 0 Å². The molecule has 0 aliphatic carbocycles. The zero-order chi connectivity index (χ0) is 51.7. The van der Waals surface area contributed by atoms with Crippen LogP contribution in [0.4, 0.5) is 0 Å². The summed E-state index contributed by atoms with van der Waals surface area (Å²) in [7, 11) is 0. The number of benzene rings is 7. The van der Waals surface area contributed by atoms with Crippen LogP contribution in [0, 0.1) is 0 Å². The summed E-state index contributed by atoms with van der Waals surface area (Å²) in [4.78, 5) is 8.82. The average molecular weight is 712 g/mol. The summed E-state index contributed by atoms with van der Waals surface area (Å²) in [6.45, 7) is 0. The van der Waals surface area contributed by atoms with Crippen molar-refractivity contribution in [1.29, 1.82) is 0 Å². The Morgan fingerprint density at radius 1 is 0.415 bits per heavy atom. The molecule has 0 saturated heterocycles. The van der Waals surface area contributed by atoms with Crippen molar-refractivity contribution in [3.8, 4) is 65.5 Å². The van der Waals surface area contributed by atoms with E-state index in [1.54, 1.807) is 30.5 Å². The molecule has 10 aromatic rings. The Morgan fingerprint density at radius 2 is 0.925 bits per heavy atom. The maximum Gasteiger partial charge on any atom is 0.0972 e. The van der Waals surface area contributed by atoms with Crippen LogP contribution in [0.25, 0.3) is 98.1 Å². The molecule has 0 radical (unpaired) electrons. The van der Waals surface area contributed by atoms with E-state index in [4.69, 9.17) is 22.8 Å². The molecule has 3 heterocycles. The fraction of sp³-hybridized carbons (Fsp3) is 0. The van der Waals surface area contributed by atoms with Gasteiger partial charge in [-0.05, 0) is 56.3 Å². The van der Waals surface area contributed by atoms with E-state index in [0.717, 1.165) is 10.8 Å². The standard InChI is InChI=1S/C50H32N2S/c1-4-13-34(14-5-1)45-46(35-15-6-2-7-16-35)50(53-49(45)38-17-8-3-9-18-38)39-26-22-33(23-27-39)40-29-30-43(42-21-11-10-20-41(40)42)44-31-28-37-25-24-36-19-12-32-51-47(36)48(37)52-44/h1-32H/i1D,2D,3D,4D,5D,6D,7D,8D,9D,13D,14D,15D,16D,17D,18D,22D,23D,26D,27D. The van der Waals surface area contributed by atoms with Gasteiger partial charge in [-0.2, -0.15) is 0 Å². The molecule has 3 aromatic heterocycles. The lowest BCUT2D eigenvalue weighted by molar-refractivity contribution is 1.37. The van der Waals surface area contributed by atoms with Crippen LogP contribution in [-0.2, 0) is 0 Å². The van der Waals surface area contributed by atoms with Gasteiger partial charge in [0.2, 0.25) is 0 Å². The number of nitrogens with zero attached hydrogens (tertiary/aromatic N) is 2. The Bertz CT molecular complexity index is 3940. The highest BCUT2D eigenvalue weighted by Gasteiger charge is 2.23. The monoisotopic (exact) mass is 711 g/mol. The van der Waals surface area contributed by atoms with Crippen LogP contribution in [0.3, 0.4) is 0 Å². The molecule has 0 bridgehead atoms. The molecule has 0 saturated carbocycles. The SMILES string of the molecule is [2H]c1c([2H])c([2H])c(-c2sc(-c3c([2H])c([2H])c(-c4ccc(-c5ccc6ccc7cccnc7c6n5)c5ccccc45)c([2H])c3[2H])c(-c3c([2H])c([2H])c([2H])c([2H])c3[2H])c2-c2c([2H])c([2H])c([2H])c([2H])c2[2H])c([2H])c1[2H]. The Balaban J connectivity index is 1.31. The van der Waals surface area contributed by atoms with Crippen molar-refractivity contribution in [3.63, 3.8) is 0 Å². The molecular weight excluding hydrogens is 661 g/mol. The minimum absolute atomic E-state index is 0.143. The molecule has 0 aliphatic heterocycles. The maximum absolute atomic E-state index is 9.71. The van der Waals surface area contributed by atoms with Gasteiger partial charge in [0.15, 0.2) is 0 Å². The predicted molar refractivity (Wildman–Crippen MR) is 225 cm³/mol. The van der Waals surface area contributed by atoms with Crippen LogP contribution in [0.1, 0.15) is 26.0 Å². The van der Waals surface area contributed by atoms with Crippen molar-refractivity contribution >= 4 is 43.9 Å². The van der Waals surface area contributed by atoms with Crippen molar-refractivity contribution in [2.75, 3.05) is 0 Å². The highest BCUT2D eigenvalue weighted by Crippen LogP contribution is 2.52. The molecule has 7 aromatic carbocycles. The molecule has 2 nitrogen and oxygen atoms in total. The summed E-state index contributed by atoms with van der Waals surface area (Å²) in [6, 6.07) is 6.83. The van der Waals surface area contributed by atoms with Gasteiger partial charge in [0.25, 0.3) is 0 Å². The fourth-order valence-corrected chi connectivity index (χ4v) is 7.77. The molecule has 0 amide bonds. The fourth-order valence-electron chi connectivity index (χ4n) is 6.55. The molecule has 0 aliphatic rings.